The van der Waals surface area contributed by atoms with Crippen molar-refractivity contribution in [3.05, 3.63) is 0 Å². The molecule has 0 aliphatic carbocycles. The number of aliphatic carboxylic acids is 1. The number of carboxylic acids is 1. The summed E-state index contributed by atoms with van der Waals surface area (Å²) in [6, 6.07) is 0. The van der Waals surface area contributed by atoms with Gasteiger partial charge in [-0.3, -0.25) is 5.32 Å². The predicted molar refractivity (Wildman–Crippen MR) is 36.6 cm³/mol. The van der Waals surface area contributed by atoms with E-state index in [2.05, 4.69) is 17.9 Å². The van der Waals surface area contributed by atoms with Gasteiger partial charge in [0.2, 0.25) is 0 Å². The lowest BCUT2D eigenvalue weighted by atomic mass is 10.2. The van der Waals surface area contributed by atoms with Crippen molar-refractivity contribution in [2.75, 3.05) is 6.54 Å². The van der Waals surface area contributed by atoms with Crippen molar-refractivity contribution >= 4 is 18.6 Å². The van der Waals surface area contributed by atoms with Crippen LogP contribution in [0, 0.1) is 0 Å². The van der Waals surface area contributed by atoms with Crippen LogP contribution in [-0.2, 0) is 4.79 Å². The second-order valence-electron chi connectivity index (χ2n) is 2.20. The molecule has 2 N–H and O–H groups in total. The van der Waals surface area contributed by atoms with Gasteiger partial charge in [0.1, 0.15) is 0 Å². The largest absolute Gasteiger partial charge is 0.479 e. The Hall–Kier alpha value is -0.220. The zero-order valence-corrected chi connectivity index (χ0v) is 5.82. The normalized spacial score (nSPS) is 34.8. The van der Waals surface area contributed by atoms with Crippen LogP contribution in [0.4, 0.5) is 0 Å². The highest BCUT2D eigenvalue weighted by Crippen LogP contribution is 2.22. The van der Waals surface area contributed by atoms with Crippen molar-refractivity contribution < 1.29 is 9.90 Å². The number of carboxylic acid groups (broad SMARTS) is 1. The van der Waals surface area contributed by atoms with Crippen LogP contribution in [0.15, 0.2) is 0 Å². The number of nitrogens with one attached hydrogen (secondary N) is 1. The van der Waals surface area contributed by atoms with Crippen molar-refractivity contribution in [2.45, 2.75) is 17.7 Å². The Morgan fingerprint density at radius 3 is 2.67 bits per heavy atom. The molecule has 4 heteroatoms. The van der Waals surface area contributed by atoms with Gasteiger partial charge in [0, 0.05) is 0 Å². The van der Waals surface area contributed by atoms with E-state index >= 15 is 0 Å². The van der Waals surface area contributed by atoms with Gasteiger partial charge in [-0.2, -0.15) is 0 Å². The average molecular weight is 147 g/mol. The molecule has 0 aromatic heterocycles. The second kappa shape index (κ2) is 2.19. The Labute approximate surface area is 58.9 Å². The molecule has 0 unspecified atom stereocenters. The summed E-state index contributed by atoms with van der Waals surface area (Å²) >= 11 is 3.97. The molecule has 1 aliphatic rings. The van der Waals surface area contributed by atoms with Gasteiger partial charge in [-0.05, 0) is 19.4 Å². The maximum absolute atomic E-state index is 10.4. The van der Waals surface area contributed by atoms with E-state index in [9.17, 15) is 4.79 Å². The van der Waals surface area contributed by atoms with Crippen molar-refractivity contribution in [1.82, 2.24) is 5.32 Å². The summed E-state index contributed by atoms with van der Waals surface area (Å²) in [5.41, 5.74) is 0. The molecule has 0 aromatic carbocycles. The smallest absolute Gasteiger partial charge is 0.334 e. The Kier molecular flexibility index (Phi) is 1.68. The molecule has 1 fully saturated rings. The van der Waals surface area contributed by atoms with Gasteiger partial charge in [-0.15, -0.1) is 12.6 Å². The molecule has 1 rings (SSSR count). The van der Waals surface area contributed by atoms with Gasteiger partial charge < -0.3 is 5.11 Å². The van der Waals surface area contributed by atoms with Gasteiger partial charge in [0.25, 0.3) is 0 Å². The number of rotatable bonds is 1. The van der Waals surface area contributed by atoms with E-state index in [0.717, 1.165) is 13.0 Å². The molecule has 1 heterocycles. The van der Waals surface area contributed by atoms with E-state index in [1.807, 2.05) is 0 Å². The third kappa shape index (κ3) is 1.19. The SMILES string of the molecule is O=C(O)[C@@]1(S)CCCN1. The summed E-state index contributed by atoms with van der Waals surface area (Å²) in [4.78, 5) is 9.44. The molecule has 9 heavy (non-hydrogen) atoms. The van der Waals surface area contributed by atoms with Crippen LogP contribution in [0.1, 0.15) is 12.8 Å². The minimum absolute atomic E-state index is 0.617. The summed E-state index contributed by atoms with van der Waals surface area (Å²) in [6.07, 6.45) is 1.52. The standard InChI is InChI=1S/C5H9NO2S/c7-4(8)5(9)2-1-3-6-5/h6,9H,1-3H2,(H,7,8)/t5-/m0/s1. The van der Waals surface area contributed by atoms with Crippen molar-refractivity contribution in [1.29, 1.82) is 0 Å². The zero-order valence-electron chi connectivity index (χ0n) is 4.92. The van der Waals surface area contributed by atoms with Crippen molar-refractivity contribution in [2.24, 2.45) is 0 Å². The molecule has 0 radical (unpaired) electrons. The Balaban J connectivity index is 2.61. The molecule has 0 amide bonds. The van der Waals surface area contributed by atoms with Gasteiger partial charge >= 0.3 is 5.97 Å². The maximum atomic E-state index is 10.4. The summed E-state index contributed by atoms with van der Waals surface area (Å²) in [5, 5.41) is 11.3. The highest BCUT2D eigenvalue weighted by Gasteiger charge is 2.36. The first-order valence-electron chi connectivity index (χ1n) is 2.86. The van der Waals surface area contributed by atoms with Crippen LogP contribution >= 0.6 is 12.6 Å². The van der Waals surface area contributed by atoms with Crippen LogP contribution < -0.4 is 5.32 Å². The molecule has 0 aromatic rings. The van der Waals surface area contributed by atoms with Gasteiger partial charge in [-0.1, -0.05) is 0 Å². The van der Waals surface area contributed by atoms with E-state index in [4.69, 9.17) is 5.11 Å². The first kappa shape index (κ1) is 6.89. The van der Waals surface area contributed by atoms with E-state index in [0.29, 0.717) is 6.42 Å². The summed E-state index contributed by atoms with van der Waals surface area (Å²) < 4.78 is 0. The van der Waals surface area contributed by atoms with Crippen molar-refractivity contribution in [3.8, 4) is 0 Å². The molecule has 3 nitrogen and oxygen atoms in total. The number of hydrogen-bond donors (Lipinski definition) is 3. The molecule has 1 aliphatic heterocycles. The van der Waals surface area contributed by atoms with Crippen LogP contribution in [-0.4, -0.2) is 22.5 Å². The maximum Gasteiger partial charge on any atom is 0.334 e. The monoisotopic (exact) mass is 147 g/mol. The molecule has 1 atom stereocenters. The molecular weight excluding hydrogens is 138 g/mol. The lowest BCUT2D eigenvalue weighted by Gasteiger charge is -2.15. The molecule has 0 bridgehead atoms. The topological polar surface area (TPSA) is 49.3 Å². The Morgan fingerprint density at radius 2 is 2.44 bits per heavy atom. The molecular formula is C5H9NO2S. The summed E-state index contributed by atoms with van der Waals surface area (Å²) in [7, 11) is 0. The van der Waals surface area contributed by atoms with Gasteiger partial charge in [0.15, 0.2) is 4.87 Å². The zero-order chi connectivity index (χ0) is 6.91. The van der Waals surface area contributed by atoms with Crippen LogP contribution in [0.5, 0.6) is 0 Å². The van der Waals surface area contributed by atoms with Crippen LogP contribution in [0.25, 0.3) is 0 Å². The molecule has 0 spiro atoms. The lowest BCUT2D eigenvalue weighted by molar-refractivity contribution is -0.140. The second-order valence-corrected chi connectivity index (χ2v) is 2.96. The molecule has 0 saturated carbocycles. The minimum atomic E-state index is -0.944. The Bertz CT molecular complexity index is 131. The first-order valence-corrected chi connectivity index (χ1v) is 3.31. The lowest BCUT2D eigenvalue weighted by Crippen LogP contribution is -2.41. The molecule has 1 saturated heterocycles. The fourth-order valence-electron chi connectivity index (χ4n) is 0.910. The first-order chi connectivity index (χ1) is 4.15. The van der Waals surface area contributed by atoms with Crippen molar-refractivity contribution in [3.63, 3.8) is 0 Å². The predicted octanol–water partition coefficient (Wildman–Crippen LogP) is 0.0805. The number of hydrogen-bond acceptors (Lipinski definition) is 3. The van der Waals surface area contributed by atoms with Crippen LogP contribution in [0.2, 0.25) is 0 Å². The van der Waals surface area contributed by atoms with Gasteiger partial charge in [-0.25, -0.2) is 4.79 Å². The number of thiol groups is 1. The van der Waals surface area contributed by atoms with E-state index < -0.39 is 10.8 Å². The van der Waals surface area contributed by atoms with E-state index in [1.54, 1.807) is 0 Å². The van der Waals surface area contributed by atoms with Gasteiger partial charge in [0.05, 0.1) is 0 Å². The highest BCUT2D eigenvalue weighted by molar-refractivity contribution is 7.82. The fourth-order valence-corrected chi connectivity index (χ4v) is 1.18. The highest BCUT2D eigenvalue weighted by atomic mass is 32.1. The average Bonchev–Trinajstić information content (AvgIpc) is 2.16. The third-order valence-corrected chi connectivity index (χ3v) is 2.06. The van der Waals surface area contributed by atoms with E-state index in [-0.39, 0.29) is 0 Å². The fraction of sp³-hybridized carbons (Fsp3) is 0.800. The molecule has 52 valence electrons. The van der Waals surface area contributed by atoms with Crippen LogP contribution in [0.3, 0.4) is 0 Å². The third-order valence-electron chi connectivity index (χ3n) is 1.49. The quantitative estimate of drug-likeness (QED) is 0.460. The Morgan fingerprint density at radius 1 is 1.78 bits per heavy atom. The summed E-state index contributed by atoms with van der Waals surface area (Å²) in [6.45, 7) is 0.760. The number of carbonyl (C=O) groups is 1. The summed E-state index contributed by atoms with van der Waals surface area (Å²) in [5.74, 6) is -0.872. The van der Waals surface area contributed by atoms with E-state index in [1.165, 1.54) is 0 Å². The minimum Gasteiger partial charge on any atom is -0.479 e.